The van der Waals surface area contributed by atoms with Gasteiger partial charge in [-0.05, 0) is 90.6 Å². The molecule has 4 amide bonds. The minimum absolute atomic E-state index is 0.0537. The average Bonchev–Trinajstić information content (AvgIpc) is 3.88. The summed E-state index contributed by atoms with van der Waals surface area (Å²) in [6.07, 6.45) is 2.06. The maximum atomic E-state index is 13.8. The van der Waals surface area contributed by atoms with Crippen LogP contribution in [0.15, 0.2) is 54.6 Å². The first-order valence-corrected chi connectivity index (χ1v) is 16.2. The number of carbonyl (C=O) groups is 4. The standard InChI is InChI=1S/C34H26IN7O4/c35-31(43)25-13-19-16-7-10-40(28(16)4-1-22(19)37-25)32(44)26-14-20-17-8-11-41(29(17)5-2-23(20)38-26)33(45)27-15-21-18-9-12-42(34(36)46)30(18)6-3-24(21)39-27/h1-6,13-15,37-39H,7-12H2,(H2,36,46). The molecule has 0 unspecified atom stereocenters. The Bertz CT molecular complexity index is 2370. The summed E-state index contributed by atoms with van der Waals surface area (Å²) in [5.74, 6) is -0.243. The highest BCUT2D eigenvalue weighted by Gasteiger charge is 2.32. The minimum atomic E-state index is -0.480. The summed E-state index contributed by atoms with van der Waals surface area (Å²) in [7, 11) is 0. The number of aromatic nitrogens is 3. The van der Waals surface area contributed by atoms with Gasteiger partial charge in [0.2, 0.25) is 3.79 Å². The lowest BCUT2D eigenvalue weighted by Crippen LogP contribution is -2.33. The molecule has 0 saturated heterocycles. The number of nitrogens with zero attached hydrogens (tertiary/aromatic N) is 3. The summed E-state index contributed by atoms with van der Waals surface area (Å²) in [6.45, 7) is 1.60. The molecule has 3 aromatic heterocycles. The largest absolute Gasteiger partial charge is 0.351 e. The van der Waals surface area contributed by atoms with Crippen molar-refractivity contribution in [2.24, 2.45) is 5.73 Å². The quantitative estimate of drug-likeness (QED) is 0.140. The number of urea groups is 1. The average molecular weight is 724 g/mol. The van der Waals surface area contributed by atoms with Gasteiger partial charge < -0.3 is 30.5 Å². The summed E-state index contributed by atoms with van der Waals surface area (Å²) < 4.78 is -0.0537. The van der Waals surface area contributed by atoms with Crippen LogP contribution >= 0.6 is 22.6 Å². The van der Waals surface area contributed by atoms with Crippen LogP contribution in [0.3, 0.4) is 0 Å². The van der Waals surface area contributed by atoms with Gasteiger partial charge in [-0.3, -0.25) is 19.3 Å². The molecular formula is C34H26IN7O4. The molecule has 0 aliphatic carbocycles. The molecule has 0 spiro atoms. The van der Waals surface area contributed by atoms with Crippen molar-refractivity contribution in [3.8, 4) is 0 Å². The molecule has 3 aromatic carbocycles. The van der Waals surface area contributed by atoms with Gasteiger partial charge in [-0.1, -0.05) is 0 Å². The molecule has 228 valence electrons. The zero-order chi connectivity index (χ0) is 31.4. The second-order valence-corrected chi connectivity index (χ2v) is 13.0. The van der Waals surface area contributed by atoms with Crippen LogP contribution in [0.1, 0.15) is 48.2 Å². The van der Waals surface area contributed by atoms with E-state index in [0.717, 1.165) is 66.5 Å². The Morgan fingerprint density at radius 1 is 0.565 bits per heavy atom. The highest BCUT2D eigenvalue weighted by Crippen LogP contribution is 2.39. The van der Waals surface area contributed by atoms with Gasteiger partial charge in [-0.25, -0.2) is 4.79 Å². The van der Waals surface area contributed by atoms with Gasteiger partial charge in [-0.2, -0.15) is 0 Å². The van der Waals surface area contributed by atoms with E-state index in [1.165, 1.54) is 0 Å². The molecule has 0 bridgehead atoms. The summed E-state index contributed by atoms with van der Waals surface area (Å²) in [6, 6.07) is 16.7. The number of primary amides is 1. The number of nitrogens with one attached hydrogen (secondary N) is 3. The molecule has 0 fully saturated rings. The number of halogens is 1. The van der Waals surface area contributed by atoms with Gasteiger partial charge in [0.25, 0.3) is 11.8 Å². The van der Waals surface area contributed by atoms with E-state index in [9.17, 15) is 19.2 Å². The fourth-order valence-corrected chi connectivity index (χ4v) is 7.91. The lowest BCUT2D eigenvalue weighted by Gasteiger charge is -2.16. The van der Waals surface area contributed by atoms with Gasteiger partial charge in [0, 0.05) is 92.0 Å². The van der Waals surface area contributed by atoms with Crippen LogP contribution in [-0.4, -0.2) is 56.2 Å². The van der Waals surface area contributed by atoms with Gasteiger partial charge in [0.05, 0.1) is 5.69 Å². The number of anilines is 3. The summed E-state index contributed by atoms with van der Waals surface area (Å²) in [4.78, 5) is 66.4. The van der Waals surface area contributed by atoms with Crippen molar-refractivity contribution in [3.05, 3.63) is 88.4 Å². The lowest BCUT2D eigenvalue weighted by atomic mass is 10.1. The Labute approximate surface area is 274 Å². The molecule has 9 rings (SSSR count). The summed E-state index contributed by atoms with van der Waals surface area (Å²) in [5, 5.41) is 2.83. The van der Waals surface area contributed by atoms with Crippen molar-refractivity contribution in [3.63, 3.8) is 0 Å². The first kappa shape index (κ1) is 27.2. The molecule has 3 aliphatic heterocycles. The van der Waals surface area contributed by atoms with Crippen molar-refractivity contribution in [2.45, 2.75) is 19.3 Å². The third kappa shape index (κ3) is 3.82. The molecule has 6 heterocycles. The van der Waals surface area contributed by atoms with Crippen molar-refractivity contribution in [2.75, 3.05) is 34.3 Å². The second kappa shape index (κ2) is 9.69. The van der Waals surface area contributed by atoms with Crippen molar-refractivity contribution < 1.29 is 19.2 Å². The normalized spacial score (nSPS) is 15.3. The molecule has 0 radical (unpaired) electrons. The van der Waals surface area contributed by atoms with E-state index in [4.69, 9.17) is 5.73 Å². The summed E-state index contributed by atoms with van der Waals surface area (Å²) in [5.41, 5.74) is 15.3. The topological polar surface area (TPSA) is 151 Å². The van der Waals surface area contributed by atoms with Crippen LogP contribution in [0.25, 0.3) is 32.7 Å². The smallest absolute Gasteiger partial charge is 0.319 e. The highest BCUT2D eigenvalue weighted by molar-refractivity contribution is 14.1. The molecular weight excluding hydrogens is 697 g/mol. The van der Waals surface area contributed by atoms with Gasteiger partial charge >= 0.3 is 6.03 Å². The zero-order valence-electron chi connectivity index (χ0n) is 24.4. The third-order valence-corrected chi connectivity index (χ3v) is 10.3. The monoisotopic (exact) mass is 723 g/mol. The Kier molecular flexibility index (Phi) is 5.74. The van der Waals surface area contributed by atoms with Gasteiger partial charge in [0.1, 0.15) is 11.4 Å². The van der Waals surface area contributed by atoms with Gasteiger partial charge in [0.15, 0.2) is 0 Å². The molecule has 6 aromatic rings. The molecule has 5 N–H and O–H groups in total. The number of hydrogen-bond donors (Lipinski definition) is 4. The number of fused-ring (bicyclic) bond motifs is 9. The van der Waals surface area contributed by atoms with Crippen LogP contribution in [0, 0.1) is 0 Å². The van der Waals surface area contributed by atoms with E-state index in [0.29, 0.717) is 56.0 Å². The molecule has 3 aliphatic rings. The predicted molar refractivity (Wildman–Crippen MR) is 185 cm³/mol. The molecule has 12 heteroatoms. The van der Waals surface area contributed by atoms with Crippen molar-refractivity contribution in [1.29, 1.82) is 0 Å². The maximum absolute atomic E-state index is 13.8. The van der Waals surface area contributed by atoms with Crippen LogP contribution in [0.5, 0.6) is 0 Å². The van der Waals surface area contributed by atoms with E-state index in [2.05, 4.69) is 15.0 Å². The van der Waals surface area contributed by atoms with E-state index >= 15 is 0 Å². The number of nitrogens with two attached hydrogens (primary N) is 1. The van der Waals surface area contributed by atoms with Crippen LogP contribution in [0.2, 0.25) is 0 Å². The van der Waals surface area contributed by atoms with E-state index < -0.39 is 6.03 Å². The van der Waals surface area contributed by atoms with Crippen LogP contribution < -0.4 is 20.4 Å². The molecule has 0 saturated carbocycles. The zero-order valence-corrected chi connectivity index (χ0v) is 26.5. The predicted octanol–water partition coefficient (Wildman–Crippen LogP) is 5.55. The third-order valence-electron chi connectivity index (χ3n) is 9.73. The minimum Gasteiger partial charge on any atom is -0.351 e. The van der Waals surface area contributed by atoms with Gasteiger partial charge in [-0.15, -0.1) is 0 Å². The molecule has 46 heavy (non-hydrogen) atoms. The number of benzene rings is 3. The van der Waals surface area contributed by atoms with E-state index in [1.807, 2.05) is 54.6 Å². The van der Waals surface area contributed by atoms with Crippen molar-refractivity contribution >= 4 is 94.0 Å². The lowest BCUT2D eigenvalue weighted by molar-refractivity contribution is 0.0978. The number of hydrogen-bond acceptors (Lipinski definition) is 4. The Morgan fingerprint density at radius 3 is 1.35 bits per heavy atom. The first-order valence-electron chi connectivity index (χ1n) is 15.1. The SMILES string of the molecule is NC(=O)N1CCc2c1ccc1[nH]c(C(=O)N3CCc4c3ccc3[nH]c(C(=O)N5CCc6c5ccc5[nH]c(C(=O)I)cc65)cc43)cc21. The maximum Gasteiger partial charge on any atom is 0.319 e. The van der Waals surface area contributed by atoms with E-state index in [-0.39, 0.29) is 15.6 Å². The number of rotatable bonds is 3. The summed E-state index contributed by atoms with van der Waals surface area (Å²) >= 11 is 1.77. The fraction of sp³-hybridized carbons (Fsp3) is 0.176. The number of aromatic amines is 3. The number of carbonyl (C=O) groups excluding carboxylic acids is 4. The second-order valence-electron chi connectivity index (χ2n) is 12.0. The number of amides is 4. The van der Waals surface area contributed by atoms with Crippen molar-refractivity contribution in [1.82, 2.24) is 15.0 Å². The Balaban J connectivity index is 1.02. The van der Waals surface area contributed by atoms with Crippen LogP contribution in [0.4, 0.5) is 21.9 Å². The molecule has 0 atom stereocenters. The Morgan fingerprint density at radius 2 is 0.935 bits per heavy atom. The fourth-order valence-electron chi connectivity index (χ4n) is 7.61. The Hall–Kier alpha value is -5.11. The molecule has 11 nitrogen and oxygen atoms in total. The highest BCUT2D eigenvalue weighted by atomic mass is 127. The number of H-pyrrole nitrogens is 3. The van der Waals surface area contributed by atoms with E-state index in [1.54, 1.807) is 37.3 Å². The van der Waals surface area contributed by atoms with Crippen LogP contribution in [-0.2, 0) is 19.3 Å². The first-order chi connectivity index (χ1) is 22.3.